The first kappa shape index (κ1) is 9.77. The summed E-state index contributed by atoms with van der Waals surface area (Å²) in [5.41, 5.74) is 2.19. The van der Waals surface area contributed by atoms with E-state index in [1.807, 2.05) is 14.0 Å². The number of hydrogen-bond donors (Lipinski definition) is 2. The van der Waals surface area contributed by atoms with Crippen molar-refractivity contribution in [2.24, 2.45) is 0 Å². The summed E-state index contributed by atoms with van der Waals surface area (Å²) >= 11 is 10.1. The summed E-state index contributed by atoms with van der Waals surface area (Å²) in [5.74, 6) is 0. The molecule has 0 aliphatic heterocycles. The van der Waals surface area contributed by atoms with Gasteiger partial charge in [-0.25, -0.2) is 0 Å². The van der Waals surface area contributed by atoms with Crippen LogP contribution in [0.4, 0.5) is 5.69 Å². The minimum atomic E-state index is 0.818. The molecule has 0 atom stereocenters. The molecular formula is C8H12N2S2. The van der Waals surface area contributed by atoms with Crippen molar-refractivity contribution in [2.45, 2.75) is 6.92 Å². The van der Waals surface area contributed by atoms with Gasteiger partial charge in [-0.1, -0.05) is 24.4 Å². The first-order chi connectivity index (χ1) is 5.68. The smallest absolute Gasteiger partial charge is 0.0795 e. The molecule has 0 aliphatic carbocycles. The van der Waals surface area contributed by atoms with Gasteiger partial charge in [-0.05, 0) is 19.5 Å². The van der Waals surface area contributed by atoms with Crippen molar-refractivity contribution in [1.29, 1.82) is 0 Å². The van der Waals surface area contributed by atoms with Crippen LogP contribution in [0.5, 0.6) is 0 Å². The van der Waals surface area contributed by atoms with Gasteiger partial charge in [0.15, 0.2) is 0 Å². The van der Waals surface area contributed by atoms with Crippen LogP contribution in [0.3, 0.4) is 0 Å². The summed E-state index contributed by atoms with van der Waals surface area (Å²) in [5, 5.41) is 6.29. The molecule has 0 spiro atoms. The number of rotatable bonds is 4. The van der Waals surface area contributed by atoms with Gasteiger partial charge in [0.1, 0.15) is 0 Å². The molecule has 1 aromatic rings. The maximum Gasteiger partial charge on any atom is 0.0795 e. The van der Waals surface area contributed by atoms with Gasteiger partial charge in [0, 0.05) is 13.1 Å². The van der Waals surface area contributed by atoms with Gasteiger partial charge in [0.2, 0.25) is 0 Å². The van der Waals surface area contributed by atoms with Gasteiger partial charge in [0.05, 0.1) is 14.7 Å². The van der Waals surface area contributed by atoms with Gasteiger partial charge < -0.3 is 10.6 Å². The van der Waals surface area contributed by atoms with Crippen molar-refractivity contribution in [3.63, 3.8) is 0 Å². The fraction of sp³-hybridized carbons (Fsp3) is 0.500. The lowest BCUT2D eigenvalue weighted by molar-refractivity contribution is 0.822. The van der Waals surface area contributed by atoms with E-state index in [2.05, 4.69) is 10.6 Å². The Morgan fingerprint density at radius 3 is 2.33 bits per heavy atom. The van der Waals surface area contributed by atoms with E-state index in [1.165, 1.54) is 0 Å². The van der Waals surface area contributed by atoms with Crippen LogP contribution >= 0.6 is 24.4 Å². The highest BCUT2D eigenvalue weighted by molar-refractivity contribution is 7.74. The molecule has 66 valence electrons. The standard InChI is InChI=1S/C8H12N2S2/c1-5-6(8(12)7(5)11)10-4-3-9-2/h9-10H,3-4H2,1-2H3. The molecule has 12 heavy (non-hydrogen) atoms. The quantitative estimate of drug-likeness (QED) is 0.573. The minimum Gasteiger partial charge on any atom is -0.382 e. The number of likely N-dealkylation sites (N-methyl/N-ethyl adjacent to an activating group) is 1. The fourth-order valence-electron chi connectivity index (χ4n) is 1.03. The van der Waals surface area contributed by atoms with Gasteiger partial charge in [-0.15, -0.1) is 0 Å². The van der Waals surface area contributed by atoms with Gasteiger partial charge in [-0.2, -0.15) is 0 Å². The third-order valence-corrected chi connectivity index (χ3v) is 2.87. The summed E-state index contributed by atoms with van der Waals surface area (Å²) in [7, 11) is 1.92. The van der Waals surface area contributed by atoms with E-state index >= 15 is 0 Å². The molecule has 4 heteroatoms. The van der Waals surface area contributed by atoms with Crippen LogP contribution in [0.1, 0.15) is 5.56 Å². The minimum absolute atomic E-state index is 0.818. The van der Waals surface area contributed by atoms with Crippen molar-refractivity contribution in [3.8, 4) is 0 Å². The molecule has 2 nitrogen and oxygen atoms in total. The molecule has 0 saturated heterocycles. The highest BCUT2D eigenvalue weighted by Gasteiger charge is 2.08. The lowest BCUT2D eigenvalue weighted by Crippen LogP contribution is -2.19. The van der Waals surface area contributed by atoms with Crippen LogP contribution in [-0.2, 0) is 0 Å². The number of hydrogen-bond acceptors (Lipinski definition) is 4. The number of nitrogens with one attached hydrogen (secondary N) is 2. The summed E-state index contributed by atoms with van der Waals surface area (Å²) in [6.07, 6.45) is 0. The first-order valence-corrected chi connectivity index (χ1v) is 4.68. The molecule has 1 aromatic carbocycles. The highest BCUT2D eigenvalue weighted by Crippen LogP contribution is 2.24. The Bertz CT molecular complexity index is 337. The molecule has 0 aromatic heterocycles. The van der Waals surface area contributed by atoms with Crippen LogP contribution in [0.2, 0.25) is 0 Å². The van der Waals surface area contributed by atoms with Crippen molar-refractivity contribution < 1.29 is 0 Å². The Morgan fingerprint density at radius 2 is 1.83 bits per heavy atom. The molecule has 0 aliphatic rings. The molecule has 0 radical (unpaired) electrons. The summed E-state index contributed by atoms with van der Waals surface area (Å²) in [4.78, 5) is 0. The SMILES string of the molecule is CNCCNc1c(C)c(=S)c1=S. The van der Waals surface area contributed by atoms with Gasteiger partial charge in [0.25, 0.3) is 0 Å². The Labute approximate surface area is 82.7 Å². The average molecular weight is 200 g/mol. The molecule has 0 saturated carbocycles. The van der Waals surface area contributed by atoms with Crippen molar-refractivity contribution in [1.82, 2.24) is 5.32 Å². The third-order valence-electron chi connectivity index (χ3n) is 1.83. The normalized spacial score (nSPS) is 10.5. The fourth-order valence-corrected chi connectivity index (χ4v) is 1.61. The van der Waals surface area contributed by atoms with E-state index < -0.39 is 0 Å². The Morgan fingerprint density at radius 1 is 1.17 bits per heavy atom. The summed E-state index contributed by atoms with van der Waals surface area (Å²) in [6.45, 7) is 3.83. The second-order valence-electron chi connectivity index (χ2n) is 2.69. The molecule has 0 amide bonds. The zero-order chi connectivity index (χ0) is 9.14. The van der Waals surface area contributed by atoms with E-state index in [0.717, 1.165) is 33.4 Å². The molecule has 2 N–H and O–H groups in total. The maximum atomic E-state index is 5.07. The van der Waals surface area contributed by atoms with Gasteiger partial charge in [-0.3, -0.25) is 0 Å². The van der Waals surface area contributed by atoms with Crippen molar-refractivity contribution in [3.05, 3.63) is 14.6 Å². The van der Waals surface area contributed by atoms with E-state index in [9.17, 15) is 0 Å². The summed E-state index contributed by atoms with van der Waals surface area (Å²) in [6, 6.07) is 0. The summed E-state index contributed by atoms with van der Waals surface area (Å²) < 4.78 is 1.66. The van der Waals surface area contributed by atoms with E-state index in [1.54, 1.807) is 0 Å². The third kappa shape index (κ3) is 1.71. The van der Waals surface area contributed by atoms with Crippen LogP contribution in [0.15, 0.2) is 0 Å². The van der Waals surface area contributed by atoms with E-state index in [4.69, 9.17) is 24.4 Å². The molecule has 0 heterocycles. The lowest BCUT2D eigenvalue weighted by Gasteiger charge is -2.12. The molecule has 1 rings (SSSR count). The first-order valence-electron chi connectivity index (χ1n) is 3.87. The lowest BCUT2D eigenvalue weighted by atomic mass is 10.1. The van der Waals surface area contributed by atoms with Crippen LogP contribution in [0, 0.1) is 15.9 Å². The predicted molar refractivity (Wildman–Crippen MR) is 57.6 cm³/mol. The van der Waals surface area contributed by atoms with Crippen LogP contribution in [0.25, 0.3) is 0 Å². The monoisotopic (exact) mass is 200 g/mol. The Kier molecular flexibility index (Phi) is 3.31. The topological polar surface area (TPSA) is 24.1 Å². The Hall–Kier alpha value is -0.320. The second-order valence-corrected chi connectivity index (χ2v) is 3.51. The average Bonchev–Trinajstić information content (AvgIpc) is 2.11. The van der Waals surface area contributed by atoms with Crippen LogP contribution < -0.4 is 10.6 Å². The highest BCUT2D eigenvalue weighted by atomic mass is 32.1. The number of anilines is 1. The van der Waals surface area contributed by atoms with E-state index in [0.29, 0.717) is 0 Å². The molecular weight excluding hydrogens is 188 g/mol. The maximum absolute atomic E-state index is 5.07. The predicted octanol–water partition coefficient (Wildman–Crippen LogP) is 1.96. The second kappa shape index (κ2) is 4.07. The van der Waals surface area contributed by atoms with Crippen molar-refractivity contribution in [2.75, 3.05) is 25.5 Å². The molecule has 0 bridgehead atoms. The zero-order valence-corrected chi connectivity index (χ0v) is 8.86. The largest absolute Gasteiger partial charge is 0.382 e. The Balaban J connectivity index is 2.55. The molecule has 0 fully saturated rings. The van der Waals surface area contributed by atoms with Crippen LogP contribution in [-0.4, -0.2) is 20.1 Å². The van der Waals surface area contributed by atoms with E-state index in [-0.39, 0.29) is 0 Å². The molecule has 0 unspecified atom stereocenters. The van der Waals surface area contributed by atoms with Gasteiger partial charge >= 0.3 is 0 Å². The van der Waals surface area contributed by atoms with Crippen molar-refractivity contribution >= 4 is 30.1 Å². The zero-order valence-electron chi connectivity index (χ0n) is 7.23.